The van der Waals surface area contributed by atoms with Crippen LogP contribution in [0.5, 0.6) is 11.5 Å². The molecule has 0 spiro atoms. The van der Waals surface area contributed by atoms with Crippen LogP contribution < -0.4 is 4.74 Å². The zero-order chi connectivity index (χ0) is 27.7. The van der Waals surface area contributed by atoms with Crippen LogP contribution in [0.4, 0.5) is 0 Å². The van der Waals surface area contributed by atoms with Crippen molar-refractivity contribution in [2.24, 2.45) is 0 Å². The van der Waals surface area contributed by atoms with E-state index in [9.17, 15) is 5.11 Å². The van der Waals surface area contributed by atoms with Gasteiger partial charge in [-0.2, -0.15) is 0 Å². The van der Waals surface area contributed by atoms with Crippen molar-refractivity contribution in [1.82, 2.24) is 4.90 Å². The van der Waals surface area contributed by atoms with Gasteiger partial charge in [-0.3, -0.25) is 0 Å². The Morgan fingerprint density at radius 1 is 0.675 bits per heavy atom. The van der Waals surface area contributed by atoms with Gasteiger partial charge in [0.15, 0.2) is 0 Å². The van der Waals surface area contributed by atoms with Crippen LogP contribution in [0.2, 0.25) is 0 Å². The van der Waals surface area contributed by atoms with Crippen molar-refractivity contribution in [1.29, 1.82) is 0 Å². The van der Waals surface area contributed by atoms with E-state index in [0.717, 1.165) is 36.3 Å². The first-order valence-corrected chi connectivity index (χ1v) is 14.4. The van der Waals surface area contributed by atoms with Crippen molar-refractivity contribution in [3.63, 3.8) is 0 Å². The Bertz CT molecular complexity index is 934. The number of benzene rings is 2. The number of ether oxygens (including phenoxy) is 1. The summed E-state index contributed by atoms with van der Waals surface area (Å²) in [5.74, 6) is 2.45. The summed E-state index contributed by atoms with van der Waals surface area (Å²) in [7, 11) is 4.28. The van der Waals surface area contributed by atoms with Crippen LogP contribution in [0.15, 0.2) is 54.1 Å². The van der Waals surface area contributed by atoms with Gasteiger partial charge in [0.05, 0.1) is 6.61 Å². The van der Waals surface area contributed by atoms with Crippen molar-refractivity contribution in [2.75, 3.05) is 27.2 Å². The van der Waals surface area contributed by atoms with Gasteiger partial charge >= 0.3 is 17.1 Å². The standard InChI is InChI=1S/C31H40NO2.C5H5.Fe/c1-4-30(25-13-9-10-14-25)31(26-15-19-28(33)20-16-26)27-17-21-29(22-18-27)34-24-12-8-6-5-7-11-23-32(2)3;1-2-4-5-3-1;/h9-10,13-22,33H,4-8,11-12,23-24H2,1-3H3;1-5H;/q;;+2/b31-30+;;. The van der Waals surface area contributed by atoms with Crippen LogP contribution in [0.25, 0.3) is 5.57 Å². The Morgan fingerprint density at radius 3 is 1.70 bits per heavy atom. The molecular formula is C36H45FeNO2+2. The molecule has 4 heteroatoms. The SMILES string of the molecule is CC/C([C]1[CH][CH][CH][CH]1)=C(/c1ccc(O)cc1)c1ccc(OCCCCCCCCN(C)C)cc1.[CH]1[CH][CH][CH][CH]1.[Fe+2]. The second-order valence-electron chi connectivity index (χ2n) is 10.2. The molecule has 2 aromatic rings. The smallest absolute Gasteiger partial charge is 0.508 e. The van der Waals surface area contributed by atoms with E-state index in [1.165, 1.54) is 55.7 Å². The molecule has 0 atom stereocenters. The second-order valence-corrected chi connectivity index (χ2v) is 10.2. The maximum absolute atomic E-state index is 9.79. The summed E-state index contributed by atoms with van der Waals surface area (Å²) in [5, 5.41) is 9.79. The summed E-state index contributed by atoms with van der Waals surface area (Å²) in [6.45, 7) is 4.16. The first kappa shape index (κ1) is 34.5. The van der Waals surface area contributed by atoms with E-state index in [2.05, 4.69) is 75.9 Å². The molecule has 0 unspecified atom stereocenters. The van der Waals surface area contributed by atoms with Gasteiger partial charge in [0.1, 0.15) is 11.5 Å². The normalized spacial score (nSPS) is 15.8. The van der Waals surface area contributed by atoms with Crippen molar-refractivity contribution < 1.29 is 26.9 Å². The molecule has 3 nitrogen and oxygen atoms in total. The predicted octanol–water partition coefficient (Wildman–Crippen LogP) is 8.31. The molecule has 2 aromatic carbocycles. The fourth-order valence-electron chi connectivity index (χ4n) is 4.71. The molecule has 2 fully saturated rings. The molecule has 0 heterocycles. The summed E-state index contributed by atoms with van der Waals surface area (Å²) >= 11 is 0. The van der Waals surface area contributed by atoms with E-state index in [-0.39, 0.29) is 22.8 Å². The average molecular weight is 580 g/mol. The topological polar surface area (TPSA) is 32.7 Å². The fraction of sp³-hybridized carbons (Fsp3) is 0.333. The van der Waals surface area contributed by atoms with Gasteiger partial charge in [-0.15, -0.1) is 0 Å². The van der Waals surface area contributed by atoms with Gasteiger partial charge in [-0.25, -0.2) is 0 Å². The minimum atomic E-state index is 0. The largest absolute Gasteiger partial charge is 2.00 e. The van der Waals surface area contributed by atoms with E-state index in [1.54, 1.807) is 12.1 Å². The maximum atomic E-state index is 9.79. The van der Waals surface area contributed by atoms with Gasteiger partial charge < -0.3 is 14.7 Å². The van der Waals surface area contributed by atoms with E-state index in [0.29, 0.717) is 0 Å². The molecule has 2 aliphatic rings. The molecule has 212 valence electrons. The number of phenolic OH excluding ortho intramolecular Hbond substituents is 1. The Hall–Kier alpha value is -1.74. The van der Waals surface area contributed by atoms with E-state index < -0.39 is 0 Å². The van der Waals surface area contributed by atoms with Crippen LogP contribution in [0, 0.1) is 63.7 Å². The Labute approximate surface area is 256 Å². The number of nitrogens with zero attached hydrogens (tertiary/aromatic N) is 1. The first-order valence-electron chi connectivity index (χ1n) is 14.4. The van der Waals surface area contributed by atoms with E-state index in [4.69, 9.17) is 4.74 Å². The molecule has 0 aliphatic heterocycles. The van der Waals surface area contributed by atoms with Crippen LogP contribution in [-0.2, 0) is 17.1 Å². The van der Waals surface area contributed by atoms with Crippen LogP contribution in [0.1, 0.15) is 63.0 Å². The molecule has 0 bridgehead atoms. The quantitative estimate of drug-likeness (QED) is 0.181. The number of hydrogen-bond donors (Lipinski definition) is 1. The van der Waals surface area contributed by atoms with Crippen molar-refractivity contribution in [3.8, 4) is 11.5 Å². The maximum Gasteiger partial charge on any atom is 2.00 e. The van der Waals surface area contributed by atoms with Crippen molar-refractivity contribution in [2.45, 2.75) is 51.9 Å². The average Bonchev–Trinajstić information content (AvgIpc) is 3.70. The van der Waals surface area contributed by atoms with Gasteiger partial charge in [-0.1, -0.05) is 62.4 Å². The van der Waals surface area contributed by atoms with Crippen molar-refractivity contribution in [3.05, 3.63) is 129 Å². The third kappa shape index (κ3) is 12.4. The summed E-state index contributed by atoms with van der Waals surface area (Å²) in [5.41, 5.74) is 4.77. The summed E-state index contributed by atoms with van der Waals surface area (Å²) in [6, 6.07) is 16.0. The number of aromatic hydroxyl groups is 1. The molecule has 10 radical (unpaired) electrons. The van der Waals surface area contributed by atoms with Crippen LogP contribution >= 0.6 is 0 Å². The molecule has 2 aliphatic carbocycles. The third-order valence-corrected chi connectivity index (χ3v) is 6.79. The molecule has 0 aromatic heterocycles. The Balaban J connectivity index is 0.000000840. The molecule has 4 rings (SSSR count). The van der Waals surface area contributed by atoms with Crippen LogP contribution in [0.3, 0.4) is 0 Å². The number of unbranched alkanes of at least 4 members (excludes halogenated alkanes) is 5. The number of hydrogen-bond acceptors (Lipinski definition) is 3. The zero-order valence-electron chi connectivity index (χ0n) is 24.3. The number of rotatable bonds is 14. The molecule has 1 N–H and O–H groups in total. The number of allylic oxidation sites excluding steroid dienone is 1. The van der Waals surface area contributed by atoms with E-state index >= 15 is 0 Å². The summed E-state index contributed by atoms with van der Waals surface area (Å²) in [6.07, 6.45) is 27.0. The molecule has 40 heavy (non-hydrogen) atoms. The summed E-state index contributed by atoms with van der Waals surface area (Å²) < 4.78 is 6.02. The van der Waals surface area contributed by atoms with E-state index in [1.807, 2.05) is 44.2 Å². The van der Waals surface area contributed by atoms with Gasteiger partial charge in [0, 0.05) is 5.92 Å². The third-order valence-electron chi connectivity index (χ3n) is 6.79. The Morgan fingerprint density at radius 2 is 1.18 bits per heavy atom. The molecule has 2 saturated carbocycles. The number of phenols is 1. The molecule has 0 saturated heterocycles. The predicted molar refractivity (Wildman–Crippen MR) is 165 cm³/mol. The minimum Gasteiger partial charge on any atom is -0.508 e. The zero-order valence-corrected chi connectivity index (χ0v) is 25.4. The summed E-state index contributed by atoms with van der Waals surface area (Å²) in [4.78, 5) is 2.26. The first-order chi connectivity index (χ1) is 19.1. The van der Waals surface area contributed by atoms with Crippen LogP contribution in [-0.4, -0.2) is 37.3 Å². The van der Waals surface area contributed by atoms with Gasteiger partial charge in [0.25, 0.3) is 0 Å². The van der Waals surface area contributed by atoms with Crippen molar-refractivity contribution >= 4 is 5.57 Å². The second kappa shape index (κ2) is 20.2. The fourth-order valence-corrected chi connectivity index (χ4v) is 4.71. The molecule has 0 amide bonds. The minimum absolute atomic E-state index is 0. The van der Waals surface area contributed by atoms with Gasteiger partial charge in [-0.05, 0) is 139 Å². The Kier molecular flexibility index (Phi) is 17.4. The van der Waals surface area contributed by atoms with Gasteiger partial charge in [0.2, 0.25) is 0 Å². The molecular weight excluding hydrogens is 534 g/mol. The monoisotopic (exact) mass is 579 g/mol.